The zero-order chi connectivity index (χ0) is 10.6. The van der Waals surface area contributed by atoms with E-state index >= 15 is 0 Å². The standard InChI is InChI=1S/C6H8O7.2Bi.K.7H/c7-3(8)1-6(13,5(11)12)2-4(9)10;;;;;;;;;;/h13H,1-2H2,(H,7,8)(H,9,10)(H,11,12);;;;;;;;;;/q;;;+1;;;;;;;-1. The summed E-state index contributed by atoms with van der Waals surface area (Å²) in [4.78, 5) is 30.5. The molecule has 0 aliphatic carbocycles. The second-order valence-corrected chi connectivity index (χ2v) is 2.48. The van der Waals surface area contributed by atoms with Crippen molar-refractivity contribution in [2.45, 2.75) is 18.4 Å². The molecule has 0 saturated heterocycles. The van der Waals surface area contributed by atoms with Gasteiger partial charge in [-0.25, -0.2) is 4.79 Å². The third-order valence-corrected chi connectivity index (χ3v) is 1.29. The first-order chi connectivity index (χ1) is 5.78. The summed E-state index contributed by atoms with van der Waals surface area (Å²) >= 11 is 0. The predicted octanol–water partition coefficient (Wildman–Crippen LogP) is -6.50. The van der Waals surface area contributed by atoms with E-state index in [2.05, 4.69) is 0 Å². The molecule has 0 unspecified atom stereocenters. The number of rotatable bonds is 5. The monoisotopic (exact) mass is 656 g/mol. The van der Waals surface area contributed by atoms with Gasteiger partial charge in [0.15, 0.2) is 5.60 Å². The van der Waals surface area contributed by atoms with Crippen LogP contribution in [0.15, 0.2) is 0 Å². The molecule has 0 aromatic carbocycles. The Morgan fingerprint density at radius 3 is 1.31 bits per heavy atom. The Bertz CT molecular complexity index is 247. The van der Waals surface area contributed by atoms with Crippen LogP contribution in [-0.2, 0) is 14.4 Å². The molecule has 0 aromatic rings. The summed E-state index contributed by atoms with van der Waals surface area (Å²) in [6.45, 7) is 0. The van der Waals surface area contributed by atoms with E-state index in [-0.39, 0.29) is 105 Å². The summed E-state index contributed by atoms with van der Waals surface area (Å²) in [5, 5.41) is 33.8. The Balaban J connectivity index is -0.000000120. The van der Waals surface area contributed by atoms with Crippen molar-refractivity contribution in [3.05, 3.63) is 0 Å². The Morgan fingerprint density at radius 2 is 1.19 bits per heavy atom. The van der Waals surface area contributed by atoms with E-state index < -0.39 is 36.4 Å². The smallest absolute Gasteiger partial charge is 1.00 e. The Hall–Kier alpha value is 1.77. The van der Waals surface area contributed by atoms with E-state index in [4.69, 9.17) is 20.4 Å². The largest absolute Gasteiger partial charge is 1.00 e. The summed E-state index contributed by atoms with van der Waals surface area (Å²) in [6.07, 6.45) is -2.29. The molecule has 0 spiro atoms. The number of carboxylic acids is 3. The molecule has 0 amide bonds. The maximum atomic E-state index is 10.3. The predicted molar refractivity (Wildman–Crippen MR) is 58.1 cm³/mol. The van der Waals surface area contributed by atoms with Crippen LogP contribution < -0.4 is 51.4 Å². The molecule has 0 saturated carbocycles. The minimum Gasteiger partial charge on any atom is -1.00 e. The summed E-state index contributed by atoms with van der Waals surface area (Å²) in [5.41, 5.74) is -2.74. The first kappa shape index (κ1) is 26.4. The van der Waals surface area contributed by atoms with Crippen LogP contribution in [-0.4, -0.2) is 96.3 Å². The van der Waals surface area contributed by atoms with Gasteiger partial charge in [0.1, 0.15) is 0 Å². The van der Waals surface area contributed by atoms with E-state index in [1.807, 2.05) is 0 Å². The average Bonchev–Trinajstić information content (AvgIpc) is 1.82. The number of carboxylic acid groups (broad SMARTS) is 3. The van der Waals surface area contributed by atoms with Gasteiger partial charge in [-0.1, -0.05) is 0 Å². The van der Waals surface area contributed by atoms with Gasteiger partial charge in [0.2, 0.25) is 0 Å². The van der Waals surface area contributed by atoms with Crippen LogP contribution in [0.5, 0.6) is 0 Å². The number of carbonyl (C=O) groups is 3. The zero-order valence-corrected chi connectivity index (χ0v) is 23.0. The first-order valence-electron chi connectivity index (χ1n) is 3.17. The molecule has 7 nitrogen and oxygen atoms in total. The van der Waals surface area contributed by atoms with Crippen molar-refractivity contribution in [3.63, 3.8) is 0 Å². The van der Waals surface area contributed by atoms with Crippen LogP contribution in [0.1, 0.15) is 14.3 Å². The molecule has 0 rings (SSSR count). The molecule has 10 heteroatoms. The van der Waals surface area contributed by atoms with E-state index in [1.54, 1.807) is 0 Å². The fourth-order valence-corrected chi connectivity index (χ4v) is 0.714. The van der Waals surface area contributed by atoms with Gasteiger partial charge in [0, 0.05) is 0 Å². The van der Waals surface area contributed by atoms with Crippen molar-refractivity contribution in [2.24, 2.45) is 0 Å². The molecule has 0 atom stereocenters. The molecule has 16 heavy (non-hydrogen) atoms. The molecule has 0 radical (unpaired) electrons. The minimum absolute atomic E-state index is 0. The second-order valence-electron chi connectivity index (χ2n) is 2.48. The van der Waals surface area contributed by atoms with Crippen LogP contribution in [0.3, 0.4) is 0 Å². The maximum absolute atomic E-state index is 10.3. The molecular formula is C6H15Bi2KO7. The molecule has 0 fully saturated rings. The average molecular weight is 656 g/mol. The van der Waals surface area contributed by atoms with Crippen LogP contribution >= 0.6 is 0 Å². The van der Waals surface area contributed by atoms with Crippen molar-refractivity contribution in [3.8, 4) is 0 Å². The van der Waals surface area contributed by atoms with Crippen LogP contribution in [0.2, 0.25) is 0 Å². The second kappa shape index (κ2) is 11.8. The summed E-state index contributed by atoms with van der Waals surface area (Å²) in [7, 11) is 0. The van der Waals surface area contributed by atoms with Crippen LogP contribution in [0.25, 0.3) is 0 Å². The van der Waals surface area contributed by atoms with Crippen LogP contribution in [0.4, 0.5) is 0 Å². The first-order valence-corrected chi connectivity index (χ1v) is 3.17. The fourth-order valence-electron chi connectivity index (χ4n) is 0.714. The van der Waals surface area contributed by atoms with Gasteiger partial charge in [-0.2, -0.15) is 0 Å². The number of hydrogen-bond donors (Lipinski definition) is 4. The van der Waals surface area contributed by atoms with E-state index in [0.717, 1.165) is 0 Å². The van der Waals surface area contributed by atoms with Crippen LogP contribution in [0, 0.1) is 0 Å². The van der Waals surface area contributed by atoms with Crippen molar-refractivity contribution >= 4 is 70.3 Å². The van der Waals surface area contributed by atoms with Gasteiger partial charge in [-0.3, -0.25) is 9.59 Å². The molecule has 4 N–H and O–H groups in total. The van der Waals surface area contributed by atoms with Gasteiger partial charge in [-0.15, -0.1) is 0 Å². The molecule has 0 aromatic heterocycles. The zero-order valence-electron chi connectivity index (χ0n) is 9.84. The Morgan fingerprint density at radius 1 is 0.938 bits per heavy atom. The maximum Gasteiger partial charge on any atom is 1.00 e. The van der Waals surface area contributed by atoms with E-state index in [0.29, 0.717) is 0 Å². The quantitative estimate of drug-likeness (QED) is 0.217. The van der Waals surface area contributed by atoms with Gasteiger partial charge in [0.25, 0.3) is 0 Å². The van der Waals surface area contributed by atoms with Gasteiger partial charge in [0.05, 0.1) is 12.8 Å². The Kier molecular flexibility index (Phi) is 19.5. The molecule has 0 aliphatic heterocycles. The summed E-state index contributed by atoms with van der Waals surface area (Å²) in [5.74, 6) is -5.02. The van der Waals surface area contributed by atoms with Crippen molar-refractivity contribution in [1.82, 2.24) is 0 Å². The number of hydrogen-bond acceptors (Lipinski definition) is 4. The van der Waals surface area contributed by atoms with Crippen molar-refractivity contribution in [2.75, 3.05) is 0 Å². The van der Waals surface area contributed by atoms with Crippen molar-refractivity contribution < 1.29 is 87.6 Å². The summed E-state index contributed by atoms with van der Waals surface area (Å²) in [6, 6.07) is 0. The molecule has 0 heterocycles. The molecule has 92 valence electrons. The fraction of sp³-hybridized carbons (Fsp3) is 0.500. The van der Waals surface area contributed by atoms with Crippen molar-refractivity contribution in [1.29, 1.82) is 0 Å². The topological polar surface area (TPSA) is 132 Å². The molecular weight excluding hydrogens is 641 g/mol. The number of aliphatic hydroxyl groups is 1. The minimum atomic E-state index is -2.74. The Labute approximate surface area is 173 Å². The third kappa shape index (κ3) is 10.9. The van der Waals surface area contributed by atoms with Gasteiger partial charge >= 0.3 is 122 Å². The van der Waals surface area contributed by atoms with Gasteiger partial charge in [-0.05, 0) is 0 Å². The van der Waals surface area contributed by atoms with E-state index in [1.165, 1.54) is 0 Å². The SMILES string of the molecule is O=C(O)CC(O)(CC(=O)O)C(=O)O.[BiH3].[BiH3].[H-].[K+]. The normalized spacial score (nSPS) is 8.81. The molecule has 0 bridgehead atoms. The number of aliphatic carboxylic acids is 3. The summed E-state index contributed by atoms with van der Waals surface area (Å²) < 4.78 is 0. The third-order valence-electron chi connectivity index (χ3n) is 1.29. The molecule has 0 aliphatic rings. The van der Waals surface area contributed by atoms with E-state index in [9.17, 15) is 14.4 Å². The van der Waals surface area contributed by atoms with Gasteiger partial charge < -0.3 is 21.9 Å².